The molecule has 0 aliphatic rings. The number of nitrogens with zero attached hydrogens (tertiary/aromatic N) is 3. The number of hydrogen-bond donors (Lipinski definition) is 2. The molecule has 0 radical (unpaired) electrons. The van der Waals surface area contributed by atoms with Gasteiger partial charge in [-0.15, -0.1) is 0 Å². The van der Waals surface area contributed by atoms with Crippen LogP contribution in [0.15, 0.2) is 48.8 Å². The first-order chi connectivity index (χ1) is 12.5. The molecule has 0 bridgehead atoms. The Morgan fingerprint density at radius 1 is 1.08 bits per heavy atom. The number of aromatic nitrogens is 3. The minimum Gasteiger partial charge on any atom is -0.368 e. The van der Waals surface area contributed by atoms with Crippen LogP contribution in [-0.4, -0.2) is 33.5 Å². The molecule has 0 saturated heterocycles. The van der Waals surface area contributed by atoms with Gasteiger partial charge in [0.05, 0.1) is 0 Å². The van der Waals surface area contributed by atoms with E-state index < -0.39 is 17.5 Å². The van der Waals surface area contributed by atoms with Gasteiger partial charge < -0.3 is 15.2 Å². The quantitative estimate of drug-likeness (QED) is 0.666. The summed E-state index contributed by atoms with van der Waals surface area (Å²) in [7, 11) is 0. The maximum atomic E-state index is 13.2. The van der Waals surface area contributed by atoms with Crippen LogP contribution in [-0.2, 0) is 0 Å². The zero-order valence-corrected chi connectivity index (χ0v) is 14.0. The highest BCUT2D eigenvalue weighted by molar-refractivity contribution is 5.94. The molecule has 0 fully saturated rings. The number of hydrogen-bond acceptors (Lipinski definition) is 4. The van der Waals surface area contributed by atoms with E-state index in [-0.39, 0.29) is 5.56 Å². The summed E-state index contributed by atoms with van der Waals surface area (Å²) in [6, 6.07) is 8.63. The summed E-state index contributed by atoms with van der Waals surface area (Å²) in [5.41, 5.74) is 0.0664. The zero-order chi connectivity index (χ0) is 18.5. The van der Waals surface area contributed by atoms with Crippen LogP contribution in [0.5, 0.6) is 0 Å². The Morgan fingerprint density at radius 2 is 1.85 bits per heavy atom. The number of amides is 1. The van der Waals surface area contributed by atoms with Crippen molar-refractivity contribution >= 4 is 11.7 Å². The molecule has 0 saturated carbocycles. The summed E-state index contributed by atoms with van der Waals surface area (Å²) in [5, 5.41) is 5.74. The van der Waals surface area contributed by atoms with Crippen molar-refractivity contribution < 1.29 is 13.6 Å². The molecular formula is C18H17F2N5O. The number of rotatable bonds is 6. The van der Waals surface area contributed by atoms with E-state index in [1.54, 1.807) is 13.0 Å². The summed E-state index contributed by atoms with van der Waals surface area (Å²) >= 11 is 0. The predicted octanol–water partition coefficient (Wildman–Crippen LogP) is 2.70. The van der Waals surface area contributed by atoms with Crippen LogP contribution in [0, 0.1) is 18.6 Å². The molecule has 3 rings (SSSR count). The molecule has 1 aromatic carbocycles. The Balaban J connectivity index is 1.55. The van der Waals surface area contributed by atoms with Gasteiger partial charge in [-0.2, -0.15) is 0 Å². The molecule has 6 nitrogen and oxygen atoms in total. The lowest BCUT2D eigenvalue weighted by molar-refractivity contribution is 0.0954. The van der Waals surface area contributed by atoms with Gasteiger partial charge in [-0.3, -0.25) is 4.79 Å². The highest BCUT2D eigenvalue weighted by Crippen LogP contribution is 2.11. The molecule has 2 aromatic heterocycles. The molecule has 0 atom stereocenters. The van der Waals surface area contributed by atoms with Gasteiger partial charge in [0, 0.05) is 37.1 Å². The standard InChI is InChI=1S/C18H17F2N5O/c1-12-23-16(11-17(24-12)25-8-2-3-9-25)21-6-7-22-18(26)13-4-5-14(19)15(20)10-13/h2-5,8-11H,6-7H2,1H3,(H,22,26)(H,21,23,24). The first-order valence-electron chi connectivity index (χ1n) is 7.99. The lowest BCUT2D eigenvalue weighted by atomic mass is 10.2. The van der Waals surface area contributed by atoms with E-state index in [0.717, 1.165) is 18.0 Å². The third kappa shape index (κ3) is 4.21. The third-order valence-electron chi connectivity index (χ3n) is 3.59. The number of halogens is 2. The fourth-order valence-corrected chi connectivity index (χ4v) is 2.37. The fourth-order valence-electron chi connectivity index (χ4n) is 2.37. The van der Waals surface area contributed by atoms with E-state index in [9.17, 15) is 13.6 Å². The number of aryl methyl sites for hydroxylation is 1. The van der Waals surface area contributed by atoms with E-state index in [1.807, 2.05) is 29.1 Å². The van der Waals surface area contributed by atoms with Gasteiger partial charge in [-0.1, -0.05) is 0 Å². The molecular weight excluding hydrogens is 340 g/mol. The molecule has 1 amide bonds. The molecule has 8 heteroatoms. The number of anilines is 1. The van der Waals surface area contributed by atoms with Crippen LogP contribution in [0.2, 0.25) is 0 Å². The first-order valence-corrected chi connectivity index (χ1v) is 7.99. The van der Waals surface area contributed by atoms with Crippen molar-refractivity contribution in [2.75, 3.05) is 18.4 Å². The third-order valence-corrected chi connectivity index (χ3v) is 3.59. The Hall–Kier alpha value is -3.29. The van der Waals surface area contributed by atoms with Crippen molar-refractivity contribution in [2.45, 2.75) is 6.92 Å². The van der Waals surface area contributed by atoms with Crippen LogP contribution in [0.3, 0.4) is 0 Å². The second-order valence-corrected chi connectivity index (χ2v) is 5.56. The van der Waals surface area contributed by atoms with Crippen LogP contribution in [0.4, 0.5) is 14.6 Å². The lowest BCUT2D eigenvalue weighted by Gasteiger charge is -2.10. The lowest BCUT2D eigenvalue weighted by Crippen LogP contribution is -2.29. The van der Waals surface area contributed by atoms with Gasteiger partial charge in [0.2, 0.25) is 0 Å². The van der Waals surface area contributed by atoms with Crippen molar-refractivity contribution in [1.29, 1.82) is 0 Å². The normalized spacial score (nSPS) is 10.6. The molecule has 0 spiro atoms. The summed E-state index contributed by atoms with van der Waals surface area (Å²) in [6.07, 6.45) is 3.77. The van der Waals surface area contributed by atoms with Crippen LogP contribution in [0.1, 0.15) is 16.2 Å². The SMILES string of the molecule is Cc1nc(NCCNC(=O)c2ccc(F)c(F)c2)cc(-n2cccc2)n1. The largest absolute Gasteiger partial charge is 0.368 e. The predicted molar refractivity (Wildman–Crippen MR) is 93.3 cm³/mol. The Kier molecular flexibility index (Phi) is 5.21. The average Bonchev–Trinajstić information content (AvgIpc) is 3.15. The molecule has 26 heavy (non-hydrogen) atoms. The zero-order valence-electron chi connectivity index (χ0n) is 14.0. The molecule has 3 aromatic rings. The summed E-state index contributed by atoms with van der Waals surface area (Å²) in [6.45, 7) is 2.50. The molecule has 2 heterocycles. The maximum absolute atomic E-state index is 13.2. The van der Waals surface area contributed by atoms with Gasteiger partial charge in [-0.25, -0.2) is 18.7 Å². The molecule has 0 aliphatic carbocycles. The van der Waals surface area contributed by atoms with E-state index in [2.05, 4.69) is 20.6 Å². The van der Waals surface area contributed by atoms with Gasteiger partial charge in [0.25, 0.3) is 5.91 Å². The van der Waals surface area contributed by atoms with Gasteiger partial charge in [0.15, 0.2) is 11.6 Å². The summed E-state index contributed by atoms with van der Waals surface area (Å²) < 4.78 is 27.9. The minimum absolute atomic E-state index is 0.0664. The monoisotopic (exact) mass is 357 g/mol. The molecule has 2 N–H and O–H groups in total. The van der Waals surface area contributed by atoms with E-state index in [1.165, 1.54) is 6.07 Å². The summed E-state index contributed by atoms with van der Waals surface area (Å²) in [4.78, 5) is 20.6. The van der Waals surface area contributed by atoms with Crippen molar-refractivity contribution in [3.63, 3.8) is 0 Å². The fraction of sp³-hybridized carbons (Fsp3) is 0.167. The number of carbonyl (C=O) groups is 1. The van der Waals surface area contributed by atoms with Crippen molar-refractivity contribution in [3.05, 3.63) is 71.8 Å². The Bertz CT molecular complexity index is 912. The number of carbonyl (C=O) groups excluding carboxylic acids is 1. The topological polar surface area (TPSA) is 71.8 Å². The van der Waals surface area contributed by atoms with Crippen molar-refractivity contribution in [2.24, 2.45) is 0 Å². The van der Waals surface area contributed by atoms with Gasteiger partial charge in [-0.05, 0) is 37.3 Å². The highest BCUT2D eigenvalue weighted by Gasteiger charge is 2.09. The Morgan fingerprint density at radius 3 is 2.58 bits per heavy atom. The van der Waals surface area contributed by atoms with Crippen molar-refractivity contribution in [1.82, 2.24) is 19.9 Å². The molecule has 0 unspecified atom stereocenters. The average molecular weight is 357 g/mol. The highest BCUT2D eigenvalue weighted by atomic mass is 19.2. The van der Waals surface area contributed by atoms with E-state index in [0.29, 0.717) is 24.7 Å². The Labute approximate surface area is 148 Å². The van der Waals surface area contributed by atoms with Crippen LogP contribution < -0.4 is 10.6 Å². The first kappa shape index (κ1) is 17.5. The second kappa shape index (κ2) is 7.73. The van der Waals surface area contributed by atoms with E-state index >= 15 is 0 Å². The smallest absolute Gasteiger partial charge is 0.251 e. The minimum atomic E-state index is -1.05. The molecule has 134 valence electrons. The second-order valence-electron chi connectivity index (χ2n) is 5.56. The van der Waals surface area contributed by atoms with Crippen molar-refractivity contribution in [3.8, 4) is 5.82 Å². The van der Waals surface area contributed by atoms with Gasteiger partial charge >= 0.3 is 0 Å². The maximum Gasteiger partial charge on any atom is 0.251 e. The van der Waals surface area contributed by atoms with E-state index in [4.69, 9.17) is 0 Å². The number of benzene rings is 1. The molecule has 0 aliphatic heterocycles. The number of nitrogens with one attached hydrogen (secondary N) is 2. The van der Waals surface area contributed by atoms with Crippen LogP contribution >= 0.6 is 0 Å². The van der Waals surface area contributed by atoms with Gasteiger partial charge in [0.1, 0.15) is 17.5 Å². The van der Waals surface area contributed by atoms with Crippen LogP contribution in [0.25, 0.3) is 5.82 Å². The summed E-state index contributed by atoms with van der Waals surface area (Å²) in [5.74, 6) is -0.535.